The van der Waals surface area contributed by atoms with Crippen molar-refractivity contribution in [2.75, 3.05) is 5.75 Å². The Hall–Kier alpha value is -0.0600. The molecule has 0 aliphatic heterocycles. The van der Waals surface area contributed by atoms with Crippen LogP contribution in [0.5, 0.6) is 0 Å². The first kappa shape index (κ1) is 7.94. The number of aliphatic hydroxyl groups is 2. The summed E-state index contributed by atoms with van der Waals surface area (Å²) in [5, 5.41) is 17.1. The third kappa shape index (κ3) is 1.81. The lowest BCUT2D eigenvalue weighted by Crippen LogP contribution is -2.38. The van der Waals surface area contributed by atoms with Crippen molar-refractivity contribution in [2.24, 2.45) is 0 Å². The SMILES string of the molecule is CC(=O)C(O)(O)CS. The van der Waals surface area contributed by atoms with E-state index < -0.39 is 11.6 Å². The van der Waals surface area contributed by atoms with Crippen LogP contribution in [0.1, 0.15) is 6.92 Å². The second kappa shape index (κ2) is 2.48. The van der Waals surface area contributed by atoms with E-state index in [1.165, 1.54) is 0 Å². The van der Waals surface area contributed by atoms with Crippen molar-refractivity contribution in [3.63, 3.8) is 0 Å². The monoisotopic (exact) mass is 136 g/mol. The Labute approximate surface area is 52.7 Å². The normalized spacial score (nSPS) is 11.5. The van der Waals surface area contributed by atoms with Crippen LogP contribution in [0, 0.1) is 0 Å². The van der Waals surface area contributed by atoms with Crippen molar-refractivity contribution in [2.45, 2.75) is 12.7 Å². The molecule has 0 heterocycles. The van der Waals surface area contributed by atoms with Crippen LogP contribution in [0.3, 0.4) is 0 Å². The Morgan fingerprint density at radius 2 is 2.12 bits per heavy atom. The number of rotatable bonds is 2. The molecule has 2 N–H and O–H groups in total. The first-order chi connectivity index (χ1) is 3.50. The molecule has 0 aromatic carbocycles. The lowest BCUT2D eigenvalue weighted by Gasteiger charge is -2.13. The summed E-state index contributed by atoms with van der Waals surface area (Å²) in [6.45, 7) is 1.09. The van der Waals surface area contributed by atoms with Gasteiger partial charge in [0.15, 0.2) is 5.78 Å². The number of ketones is 1. The molecule has 0 rings (SSSR count). The maximum absolute atomic E-state index is 10.1. The van der Waals surface area contributed by atoms with Gasteiger partial charge in [0.05, 0.1) is 5.75 Å². The van der Waals surface area contributed by atoms with E-state index in [-0.39, 0.29) is 5.75 Å². The third-order valence-corrected chi connectivity index (χ3v) is 1.23. The van der Waals surface area contributed by atoms with Gasteiger partial charge >= 0.3 is 0 Å². The largest absolute Gasteiger partial charge is 0.359 e. The average molecular weight is 136 g/mol. The van der Waals surface area contributed by atoms with Gasteiger partial charge in [0.1, 0.15) is 0 Å². The van der Waals surface area contributed by atoms with Crippen molar-refractivity contribution in [3.8, 4) is 0 Å². The first-order valence-corrected chi connectivity index (χ1v) is 2.70. The zero-order chi connectivity index (χ0) is 6.78. The molecule has 0 atom stereocenters. The molecule has 0 saturated heterocycles. The fourth-order valence-corrected chi connectivity index (χ4v) is 0.334. The standard InChI is InChI=1S/C4H8O3S/c1-3(5)4(6,7)2-8/h6-8H,2H2,1H3. The van der Waals surface area contributed by atoms with Crippen molar-refractivity contribution in [1.29, 1.82) is 0 Å². The van der Waals surface area contributed by atoms with E-state index in [2.05, 4.69) is 12.6 Å². The molecule has 0 aliphatic carbocycles. The predicted octanol–water partition coefficient (Wildman–Crippen LogP) is -0.814. The smallest absolute Gasteiger partial charge is 0.232 e. The Morgan fingerprint density at radius 3 is 2.12 bits per heavy atom. The topological polar surface area (TPSA) is 57.5 Å². The van der Waals surface area contributed by atoms with E-state index in [1.807, 2.05) is 0 Å². The molecule has 0 aromatic heterocycles. The van der Waals surface area contributed by atoms with Crippen molar-refractivity contribution >= 4 is 18.4 Å². The average Bonchev–Trinajstić information content (AvgIpc) is 1.67. The van der Waals surface area contributed by atoms with Gasteiger partial charge in [0, 0.05) is 6.92 Å². The quantitative estimate of drug-likeness (QED) is 0.343. The molecule has 3 nitrogen and oxygen atoms in total. The molecule has 0 amide bonds. The lowest BCUT2D eigenvalue weighted by atomic mass is 10.2. The van der Waals surface area contributed by atoms with Crippen LogP contribution in [-0.4, -0.2) is 27.5 Å². The van der Waals surface area contributed by atoms with E-state index in [4.69, 9.17) is 10.2 Å². The minimum absolute atomic E-state index is 0.262. The van der Waals surface area contributed by atoms with Crippen molar-refractivity contribution in [3.05, 3.63) is 0 Å². The number of carbonyl (C=O) groups excluding carboxylic acids is 1. The minimum Gasteiger partial charge on any atom is -0.359 e. The van der Waals surface area contributed by atoms with E-state index in [1.54, 1.807) is 0 Å². The Kier molecular flexibility index (Phi) is 2.46. The summed E-state index contributed by atoms with van der Waals surface area (Å²) < 4.78 is 0. The first-order valence-electron chi connectivity index (χ1n) is 2.07. The molecule has 0 spiro atoms. The van der Waals surface area contributed by atoms with Gasteiger partial charge in [-0.25, -0.2) is 0 Å². The van der Waals surface area contributed by atoms with Crippen LogP contribution in [0.25, 0.3) is 0 Å². The van der Waals surface area contributed by atoms with Crippen LogP contribution < -0.4 is 0 Å². The summed E-state index contributed by atoms with van der Waals surface area (Å²) in [7, 11) is 0. The molecule has 48 valence electrons. The maximum Gasteiger partial charge on any atom is 0.232 e. The highest BCUT2D eigenvalue weighted by atomic mass is 32.1. The number of hydrogen-bond acceptors (Lipinski definition) is 4. The summed E-state index contributed by atoms with van der Waals surface area (Å²) in [4.78, 5) is 10.1. The number of hydrogen-bond donors (Lipinski definition) is 3. The van der Waals surface area contributed by atoms with Gasteiger partial charge in [-0.2, -0.15) is 12.6 Å². The summed E-state index contributed by atoms with van der Waals surface area (Å²) in [6, 6.07) is 0. The van der Waals surface area contributed by atoms with E-state index in [9.17, 15) is 4.79 Å². The molecule has 8 heavy (non-hydrogen) atoms. The second-order valence-electron chi connectivity index (χ2n) is 1.53. The van der Waals surface area contributed by atoms with Crippen LogP contribution in [-0.2, 0) is 4.79 Å². The summed E-state index contributed by atoms with van der Waals surface area (Å²) in [5.74, 6) is -3.18. The van der Waals surface area contributed by atoms with Crippen molar-refractivity contribution in [1.82, 2.24) is 0 Å². The van der Waals surface area contributed by atoms with Crippen LogP contribution in [0.2, 0.25) is 0 Å². The maximum atomic E-state index is 10.1. The number of thiol groups is 1. The molecular formula is C4H8O3S. The van der Waals surface area contributed by atoms with Crippen molar-refractivity contribution < 1.29 is 15.0 Å². The van der Waals surface area contributed by atoms with Gasteiger partial charge in [-0.3, -0.25) is 4.79 Å². The molecule has 0 fully saturated rings. The van der Waals surface area contributed by atoms with Crippen LogP contribution in [0.4, 0.5) is 0 Å². The van der Waals surface area contributed by atoms with Gasteiger partial charge in [-0.15, -0.1) is 0 Å². The number of carbonyl (C=O) groups is 1. The molecular weight excluding hydrogens is 128 g/mol. The highest BCUT2D eigenvalue weighted by Crippen LogP contribution is 2.01. The summed E-state index contributed by atoms with van der Waals surface area (Å²) >= 11 is 3.52. The fourth-order valence-electron chi connectivity index (χ4n) is 0.111. The second-order valence-corrected chi connectivity index (χ2v) is 1.85. The minimum atomic E-state index is -2.23. The van der Waals surface area contributed by atoms with Gasteiger partial charge in [0.25, 0.3) is 0 Å². The van der Waals surface area contributed by atoms with Gasteiger partial charge < -0.3 is 10.2 Å². The molecule has 4 heteroatoms. The van der Waals surface area contributed by atoms with Gasteiger partial charge in [0.2, 0.25) is 5.79 Å². The Bertz CT molecular complexity index is 99.5. The Morgan fingerprint density at radius 1 is 1.75 bits per heavy atom. The third-order valence-electron chi connectivity index (χ3n) is 0.784. The molecule has 0 saturated carbocycles. The lowest BCUT2D eigenvalue weighted by molar-refractivity contribution is -0.171. The predicted molar refractivity (Wildman–Crippen MR) is 31.7 cm³/mol. The zero-order valence-electron chi connectivity index (χ0n) is 4.46. The van der Waals surface area contributed by atoms with Gasteiger partial charge in [-0.05, 0) is 0 Å². The molecule has 0 radical (unpaired) electrons. The zero-order valence-corrected chi connectivity index (χ0v) is 5.35. The van der Waals surface area contributed by atoms with Crippen LogP contribution in [0.15, 0.2) is 0 Å². The van der Waals surface area contributed by atoms with Gasteiger partial charge in [-0.1, -0.05) is 0 Å². The Balaban J connectivity index is 3.91. The molecule has 0 aliphatic rings. The molecule has 0 unspecified atom stereocenters. The van der Waals surface area contributed by atoms with E-state index in [0.717, 1.165) is 6.92 Å². The van der Waals surface area contributed by atoms with Crippen LogP contribution >= 0.6 is 12.6 Å². The molecule has 0 bridgehead atoms. The highest BCUT2D eigenvalue weighted by molar-refractivity contribution is 7.80. The molecule has 0 aromatic rings. The summed E-state index contributed by atoms with van der Waals surface area (Å²) in [6.07, 6.45) is 0. The van der Waals surface area contributed by atoms with E-state index >= 15 is 0 Å². The number of Topliss-reactive ketones (excluding diaryl/α,β-unsaturated/α-hetero) is 1. The van der Waals surface area contributed by atoms with E-state index in [0.29, 0.717) is 0 Å². The summed E-state index contributed by atoms with van der Waals surface area (Å²) in [5.41, 5.74) is 0. The highest BCUT2D eigenvalue weighted by Gasteiger charge is 2.26. The fraction of sp³-hybridized carbons (Fsp3) is 0.750.